The first-order valence-corrected chi connectivity index (χ1v) is 23.0. The van der Waals surface area contributed by atoms with Gasteiger partial charge in [0.2, 0.25) is 5.91 Å². The van der Waals surface area contributed by atoms with E-state index in [-0.39, 0.29) is 18.9 Å². The Morgan fingerprint density at radius 3 is 1.86 bits per heavy atom. The molecule has 0 aromatic carbocycles. The van der Waals surface area contributed by atoms with Gasteiger partial charge in [-0.15, -0.1) is 0 Å². The molecule has 0 spiro atoms. The summed E-state index contributed by atoms with van der Waals surface area (Å²) in [6.07, 6.45) is 46.8. The third-order valence-corrected chi connectivity index (χ3v) is 9.92. The number of allylic oxidation sites excluding steroid dienone is 11. The first-order valence-electron chi connectivity index (χ1n) is 21.6. The summed E-state index contributed by atoms with van der Waals surface area (Å²) in [4.78, 5) is 25.2. The summed E-state index contributed by atoms with van der Waals surface area (Å²) in [6.45, 7) is 4.34. The summed E-state index contributed by atoms with van der Waals surface area (Å²) in [6, 6.07) is -0.942. The molecule has 56 heavy (non-hydrogen) atoms. The van der Waals surface area contributed by atoms with Crippen LogP contribution in [-0.2, 0) is 18.4 Å². The van der Waals surface area contributed by atoms with Gasteiger partial charge in [0.1, 0.15) is 13.2 Å². The van der Waals surface area contributed by atoms with Gasteiger partial charge in [-0.05, 0) is 51.4 Å². The van der Waals surface area contributed by atoms with E-state index in [0.29, 0.717) is 23.9 Å². The fourth-order valence-corrected chi connectivity index (χ4v) is 6.22. The van der Waals surface area contributed by atoms with Gasteiger partial charge in [0.05, 0.1) is 46.0 Å². The SMILES string of the molecule is CC/C=C\CC(O)/C=C/C=C/C/C=C\C/C=C\C/C=C\CCC(=O)N[C@@H](COP(=O)([O-])OCC[N+](C)(C)C)[C@H](O)/C=C/CCCCCCCCCCCCCC. The normalized spacial score (nSPS) is 15.8. The molecule has 0 saturated heterocycles. The van der Waals surface area contributed by atoms with Crippen LogP contribution < -0.4 is 10.2 Å². The Balaban J connectivity index is 4.65. The number of phosphoric ester groups is 1. The van der Waals surface area contributed by atoms with Gasteiger partial charge in [-0.1, -0.05) is 170 Å². The molecule has 2 unspecified atom stereocenters. The summed E-state index contributed by atoms with van der Waals surface area (Å²) in [7, 11) is 1.17. The van der Waals surface area contributed by atoms with Crippen LogP contribution in [0.4, 0.5) is 0 Å². The van der Waals surface area contributed by atoms with Gasteiger partial charge < -0.3 is 34.0 Å². The maximum atomic E-state index is 12.8. The number of nitrogens with one attached hydrogen (secondary N) is 1. The van der Waals surface area contributed by atoms with Crippen molar-refractivity contribution in [1.82, 2.24) is 5.32 Å². The number of carbonyl (C=O) groups is 1. The van der Waals surface area contributed by atoms with Crippen molar-refractivity contribution in [3.8, 4) is 0 Å². The van der Waals surface area contributed by atoms with Crippen LogP contribution in [0.1, 0.15) is 142 Å². The van der Waals surface area contributed by atoms with Crippen molar-refractivity contribution < 1.29 is 38.0 Å². The lowest BCUT2D eigenvalue weighted by Crippen LogP contribution is -2.45. The predicted octanol–water partition coefficient (Wildman–Crippen LogP) is 10.1. The van der Waals surface area contributed by atoms with Crippen LogP contribution in [0.15, 0.2) is 85.1 Å². The number of likely N-dealkylation sites (N-methyl/N-ethyl adjacent to an activating group) is 1. The molecule has 0 aromatic heterocycles. The fraction of sp³-hybridized carbons (Fsp3) is 0.674. The van der Waals surface area contributed by atoms with E-state index < -0.39 is 32.7 Å². The van der Waals surface area contributed by atoms with Gasteiger partial charge in [0.25, 0.3) is 7.82 Å². The van der Waals surface area contributed by atoms with Crippen LogP contribution in [0.25, 0.3) is 0 Å². The molecule has 0 aliphatic heterocycles. The van der Waals surface area contributed by atoms with Gasteiger partial charge in [-0.3, -0.25) is 9.36 Å². The number of unbranched alkanes of at least 4 members (excludes halogenated alkanes) is 12. The summed E-state index contributed by atoms with van der Waals surface area (Å²) in [5.74, 6) is -0.297. The second kappa shape index (κ2) is 36.9. The first kappa shape index (κ1) is 53.6. The van der Waals surface area contributed by atoms with E-state index in [2.05, 4.69) is 49.5 Å². The molecule has 0 saturated carbocycles. The molecule has 1 amide bonds. The minimum atomic E-state index is -4.62. The molecule has 0 radical (unpaired) electrons. The molecule has 0 aromatic rings. The minimum Gasteiger partial charge on any atom is -0.756 e. The predicted molar refractivity (Wildman–Crippen MR) is 234 cm³/mol. The van der Waals surface area contributed by atoms with Gasteiger partial charge in [0, 0.05) is 6.42 Å². The maximum Gasteiger partial charge on any atom is 0.268 e. The molecule has 4 atom stereocenters. The average Bonchev–Trinajstić information content (AvgIpc) is 3.14. The number of hydrogen-bond acceptors (Lipinski definition) is 7. The molecule has 0 fully saturated rings. The zero-order chi connectivity index (χ0) is 41.6. The van der Waals surface area contributed by atoms with E-state index in [9.17, 15) is 24.5 Å². The van der Waals surface area contributed by atoms with Gasteiger partial charge >= 0.3 is 0 Å². The third-order valence-electron chi connectivity index (χ3n) is 8.95. The minimum absolute atomic E-state index is 0.0262. The number of nitrogens with zero attached hydrogens (tertiary/aromatic N) is 1. The quantitative estimate of drug-likeness (QED) is 0.0188. The van der Waals surface area contributed by atoms with E-state index in [0.717, 1.165) is 44.9 Å². The van der Waals surface area contributed by atoms with Crippen LogP contribution in [0.3, 0.4) is 0 Å². The van der Waals surface area contributed by atoms with Crippen LogP contribution in [0, 0.1) is 0 Å². The van der Waals surface area contributed by atoms with Crippen molar-refractivity contribution in [2.45, 2.75) is 161 Å². The average molecular weight is 805 g/mol. The van der Waals surface area contributed by atoms with E-state index >= 15 is 0 Å². The Labute approximate surface area is 342 Å². The second-order valence-electron chi connectivity index (χ2n) is 15.5. The molecule has 10 heteroatoms. The molecular weight excluding hydrogens is 723 g/mol. The topological polar surface area (TPSA) is 128 Å². The Bertz CT molecular complexity index is 1200. The largest absolute Gasteiger partial charge is 0.756 e. The van der Waals surface area contributed by atoms with E-state index in [1.165, 1.54) is 64.2 Å². The number of aliphatic hydroxyl groups excluding tert-OH is 2. The Morgan fingerprint density at radius 1 is 0.696 bits per heavy atom. The van der Waals surface area contributed by atoms with Crippen molar-refractivity contribution in [3.05, 3.63) is 85.1 Å². The molecule has 322 valence electrons. The molecule has 0 aliphatic carbocycles. The van der Waals surface area contributed by atoms with Gasteiger partial charge in [-0.2, -0.15) is 0 Å². The molecule has 0 aliphatic rings. The summed E-state index contributed by atoms with van der Waals surface area (Å²) >= 11 is 0. The first-order chi connectivity index (χ1) is 26.9. The number of hydrogen-bond donors (Lipinski definition) is 3. The van der Waals surface area contributed by atoms with E-state index in [1.807, 2.05) is 63.7 Å². The number of quaternary nitrogens is 1. The highest BCUT2D eigenvalue weighted by Crippen LogP contribution is 2.38. The Hall–Kier alpha value is -2.36. The number of phosphoric acid groups is 1. The fourth-order valence-electron chi connectivity index (χ4n) is 5.49. The summed E-state index contributed by atoms with van der Waals surface area (Å²) in [5.41, 5.74) is 0. The summed E-state index contributed by atoms with van der Waals surface area (Å²) in [5, 5.41) is 23.5. The molecule has 0 heterocycles. The monoisotopic (exact) mass is 805 g/mol. The molecule has 0 bridgehead atoms. The van der Waals surface area contributed by atoms with Crippen molar-refractivity contribution in [1.29, 1.82) is 0 Å². The molecule has 0 rings (SSSR count). The number of rotatable bonds is 37. The summed E-state index contributed by atoms with van der Waals surface area (Å²) < 4.78 is 23.1. The maximum absolute atomic E-state index is 12.8. The zero-order valence-electron chi connectivity index (χ0n) is 35.9. The van der Waals surface area contributed by atoms with Crippen LogP contribution in [0.2, 0.25) is 0 Å². The lowest BCUT2D eigenvalue weighted by atomic mass is 10.0. The standard InChI is InChI=1S/C46H81N2O7P/c1-6-8-10-11-12-13-14-15-18-21-24-27-30-34-38-45(50)44(42-55-56(52,53)54-41-40-48(3,4)5)47-46(51)39-35-31-28-25-22-19-16-17-20-23-26-29-33-37-43(49)36-32-9-7-2/h9,17,19-20,22,26,28-29,31-34,37-38,43-45,49-50H,6-8,10-16,18,21,23-25,27,30,35-36,39-42H2,1-5H3,(H-,47,51,52,53)/b20-17-,22-19-,29-26+,31-28-,32-9-,37-33+,38-34+/t43?,44-,45+/m0/s1. The Morgan fingerprint density at radius 2 is 1.27 bits per heavy atom. The molecule has 3 N–H and O–H groups in total. The molecule has 9 nitrogen and oxygen atoms in total. The van der Waals surface area contributed by atoms with Crippen molar-refractivity contribution in [2.24, 2.45) is 0 Å². The number of carbonyl (C=O) groups excluding carboxylic acids is 1. The second-order valence-corrected chi connectivity index (χ2v) is 16.9. The highest BCUT2D eigenvalue weighted by Gasteiger charge is 2.23. The van der Waals surface area contributed by atoms with E-state index in [1.54, 1.807) is 12.2 Å². The number of aliphatic hydroxyl groups is 2. The van der Waals surface area contributed by atoms with Gasteiger partial charge in [0.15, 0.2) is 0 Å². The van der Waals surface area contributed by atoms with Crippen LogP contribution in [0.5, 0.6) is 0 Å². The highest BCUT2D eigenvalue weighted by atomic mass is 31.2. The lowest BCUT2D eigenvalue weighted by Gasteiger charge is -2.29. The van der Waals surface area contributed by atoms with Gasteiger partial charge in [-0.25, -0.2) is 0 Å². The zero-order valence-corrected chi connectivity index (χ0v) is 36.8. The molecular formula is C46H81N2O7P. The van der Waals surface area contributed by atoms with Crippen molar-refractivity contribution in [3.63, 3.8) is 0 Å². The van der Waals surface area contributed by atoms with Crippen molar-refractivity contribution >= 4 is 13.7 Å². The van der Waals surface area contributed by atoms with Crippen LogP contribution >= 0.6 is 7.82 Å². The lowest BCUT2D eigenvalue weighted by molar-refractivity contribution is -0.870. The number of amides is 1. The third kappa shape index (κ3) is 38.5. The highest BCUT2D eigenvalue weighted by molar-refractivity contribution is 7.45. The Kier molecular flexibility index (Phi) is 35.4. The van der Waals surface area contributed by atoms with E-state index in [4.69, 9.17) is 9.05 Å². The van der Waals surface area contributed by atoms with Crippen molar-refractivity contribution in [2.75, 3.05) is 40.9 Å². The van der Waals surface area contributed by atoms with Crippen LogP contribution in [-0.4, -0.2) is 79.8 Å². The smallest absolute Gasteiger partial charge is 0.268 e.